The first-order chi connectivity index (χ1) is 8.04. The molecule has 0 aromatic heterocycles. The smallest absolute Gasteiger partial charge is 0.0602 e. The molecule has 3 heteroatoms. The van der Waals surface area contributed by atoms with E-state index in [1.807, 2.05) is 6.08 Å². The van der Waals surface area contributed by atoms with E-state index >= 15 is 0 Å². The van der Waals surface area contributed by atoms with Crippen LogP contribution in [0.3, 0.4) is 0 Å². The minimum absolute atomic E-state index is 0.0107. The molecule has 1 heterocycles. The Bertz CT molecular complexity index is 288. The summed E-state index contributed by atoms with van der Waals surface area (Å²) in [4.78, 5) is 0. The van der Waals surface area contributed by atoms with E-state index in [-0.39, 0.29) is 16.9 Å². The second kappa shape index (κ2) is 5.18. The zero-order valence-corrected chi connectivity index (χ0v) is 12.6. The third kappa shape index (κ3) is 2.19. The van der Waals surface area contributed by atoms with Gasteiger partial charge in [0.05, 0.1) is 10.7 Å². The van der Waals surface area contributed by atoms with Crippen LogP contribution in [0.25, 0.3) is 0 Å². The van der Waals surface area contributed by atoms with Crippen molar-refractivity contribution in [2.45, 2.75) is 50.2 Å². The first-order valence-corrected chi connectivity index (χ1v) is 8.66. The van der Waals surface area contributed by atoms with Crippen molar-refractivity contribution < 1.29 is 5.11 Å². The van der Waals surface area contributed by atoms with Gasteiger partial charge in [-0.2, -0.15) is 0 Å². The van der Waals surface area contributed by atoms with Crippen LogP contribution in [0.5, 0.6) is 0 Å². The van der Waals surface area contributed by atoms with Gasteiger partial charge in [-0.1, -0.05) is 19.9 Å². The lowest BCUT2D eigenvalue weighted by Gasteiger charge is -2.48. The fourth-order valence-corrected chi connectivity index (χ4v) is 7.04. The Hall–Kier alpha value is 0.400. The summed E-state index contributed by atoms with van der Waals surface area (Å²) in [6.45, 7) is 8.55. The molecule has 0 radical (unpaired) electrons. The van der Waals surface area contributed by atoms with Gasteiger partial charge < -0.3 is 5.11 Å². The van der Waals surface area contributed by atoms with Crippen LogP contribution < -0.4 is 0 Å². The number of rotatable bonds is 3. The summed E-state index contributed by atoms with van der Waals surface area (Å²) in [7, 11) is 0. The van der Waals surface area contributed by atoms with Gasteiger partial charge >= 0.3 is 0 Å². The Balaban J connectivity index is 2.24. The molecule has 1 saturated carbocycles. The normalized spacial score (nSPS) is 43.8. The lowest BCUT2D eigenvalue weighted by atomic mass is 9.66. The highest BCUT2D eigenvalue weighted by Gasteiger charge is 2.57. The molecule has 3 atom stereocenters. The topological polar surface area (TPSA) is 20.2 Å². The molecule has 2 aliphatic rings. The quantitative estimate of drug-likeness (QED) is 0.786. The number of aliphatic hydroxyl groups is 1. The predicted octanol–water partition coefficient (Wildman–Crippen LogP) is 3.93. The summed E-state index contributed by atoms with van der Waals surface area (Å²) in [6.07, 6.45) is 6.21. The Morgan fingerprint density at radius 2 is 2.00 bits per heavy atom. The SMILES string of the molecule is C=CC[C@]1(C)[C@H](O)CC[C@]1(C)C1SCCCS1. The Morgan fingerprint density at radius 3 is 2.59 bits per heavy atom. The van der Waals surface area contributed by atoms with Crippen molar-refractivity contribution in [3.63, 3.8) is 0 Å². The predicted molar refractivity (Wildman–Crippen MR) is 79.6 cm³/mol. The van der Waals surface area contributed by atoms with Crippen LogP contribution in [-0.4, -0.2) is 27.3 Å². The van der Waals surface area contributed by atoms with Crippen molar-refractivity contribution in [2.75, 3.05) is 11.5 Å². The number of aliphatic hydroxyl groups excluding tert-OH is 1. The van der Waals surface area contributed by atoms with Crippen LogP contribution in [0.2, 0.25) is 0 Å². The highest BCUT2D eigenvalue weighted by Crippen LogP contribution is 2.62. The second-order valence-corrected chi connectivity index (χ2v) is 8.53. The molecule has 17 heavy (non-hydrogen) atoms. The van der Waals surface area contributed by atoms with E-state index in [2.05, 4.69) is 44.0 Å². The largest absolute Gasteiger partial charge is 0.393 e. The van der Waals surface area contributed by atoms with E-state index in [4.69, 9.17) is 0 Å². The molecule has 2 fully saturated rings. The van der Waals surface area contributed by atoms with Crippen LogP contribution in [0.1, 0.15) is 39.5 Å². The van der Waals surface area contributed by atoms with Gasteiger partial charge in [0, 0.05) is 5.41 Å². The highest BCUT2D eigenvalue weighted by atomic mass is 32.2. The van der Waals surface area contributed by atoms with Gasteiger partial charge in [-0.15, -0.1) is 30.1 Å². The highest BCUT2D eigenvalue weighted by molar-refractivity contribution is 8.17. The maximum Gasteiger partial charge on any atom is 0.0602 e. The van der Waals surface area contributed by atoms with Crippen molar-refractivity contribution in [1.82, 2.24) is 0 Å². The summed E-state index contributed by atoms with van der Waals surface area (Å²) in [5, 5.41) is 10.4. The van der Waals surface area contributed by atoms with E-state index in [9.17, 15) is 5.11 Å². The zero-order chi connectivity index (χ0) is 12.5. The molecule has 2 rings (SSSR count). The molecule has 1 saturated heterocycles. The van der Waals surface area contributed by atoms with Crippen LogP contribution in [0, 0.1) is 10.8 Å². The Kier molecular flexibility index (Phi) is 4.21. The van der Waals surface area contributed by atoms with E-state index in [1.54, 1.807) is 0 Å². The van der Waals surface area contributed by atoms with Crippen molar-refractivity contribution in [2.24, 2.45) is 10.8 Å². The van der Waals surface area contributed by atoms with Crippen LogP contribution in [0.4, 0.5) is 0 Å². The van der Waals surface area contributed by atoms with Crippen LogP contribution in [0.15, 0.2) is 12.7 Å². The van der Waals surface area contributed by atoms with Crippen molar-refractivity contribution >= 4 is 23.5 Å². The molecule has 0 aromatic rings. The van der Waals surface area contributed by atoms with Crippen molar-refractivity contribution in [3.05, 3.63) is 12.7 Å². The third-order valence-corrected chi connectivity index (χ3v) is 8.40. The number of allylic oxidation sites excluding steroid dienone is 1. The van der Waals surface area contributed by atoms with Gasteiger partial charge in [0.2, 0.25) is 0 Å². The summed E-state index contributed by atoms with van der Waals surface area (Å²) < 4.78 is 0.651. The van der Waals surface area contributed by atoms with Gasteiger partial charge in [-0.25, -0.2) is 0 Å². The first-order valence-electron chi connectivity index (χ1n) is 6.57. The number of hydrogen-bond donors (Lipinski definition) is 1. The molecule has 1 nitrogen and oxygen atoms in total. The molecule has 0 spiro atoms. The third-order valence-electron chi connectivity index (χ3n) is 4.89. The first kappa shape index (κ1) is 13.8. The fraction of sp³-hybridized carbons (Fsp3) is 0.857. The van der Waals surface area contributed by atoms with E-state index in [0.29, 0.717) is 4.58 Å². The van der Waals surface area contributed by atoms with E-state index < -0.39 is 0 Å². The van der Waals surface area contributed by atoms with Gasteiger partial charge in [0.15, 0.2) is 0 Å². The van der Waals surface area contributed by atoms with Crippen LogP contribution >= 0.6 is 23.5 Å². The Labute approximate surface area is 114 Å². The average molecular weight is 272 g/mol. The maximum absolute atomic E-state index is 10.4. The molecule has 0 bridgehead atoms. The lowest BCUT2D eigenvalue weighted by Crippen LogP contribution is -2.45. The molecule has 98 valence electrons. The second-order valence-electron chi connectivity index (χ2n) is 5.81. The minimum Gasteiger partial charge on any atom is -0.393 e. The van der Waals surface area contributed by atoms with Crippen molar-refractivity contribution in [1.29, 1.82) is 0 Å². The minimum atomic E-state index is -0.159. The summed E-state index contributed by atoms with van der Waals surface area (Å²) in [6, 6.07) is 0. The van der Waals surface area contributed by atoms with Crippen LogP contribution in [-0.2, 0) is 0 Å². The Morgan fingerprint density at radius 1 is 1.35 bits per heavy atom. The number of hydrogen-bond acceptors (Lipinski definition) is 3. The molecule has 0 amide bonds. The average Bonchev–Trinajstić information content (AvgIpc) is 2.57. The molecular formula is C14H24OS2. The summed E-state index contributed by atoms with van der Waals surface area (Å²) >= 11 is 4.21. The molecule has 0 aromatic carbocycles. The maximum atomic E-state index is 10.4. The van der Waals surface area contributed by atoms with Crippen molar-refractivity contribution in [3.8, 4) is 0 Å². The fourth-order valence-electron chi connectivity index (χ4n) is 3.33. The van der Waals surface area contributed by atoms with Gasteiger partial charge in [-0.3, -0.25) is 0 Å². The zero-order valence-electron chi connectivity index (χ0n) is 10.9. The van der Waals surface area contributed by atoms with Gasteiger partial charge in [0.25, 0.3) is 0 Å². The molecule has 1 N–H and O–H groups in total. The van der Waals surface area contributed by atoms with Gasteiger partial charge in [0.1, 0.15) is 0 Å². The number of thioether (sulfide) groups is 2. The van der Waals surface area contributed by atoms with E-state index in [1.165, 1.54) is 17.9 Å². The summed E-state index contributed by atoms with van der Waals surface area (Å²) in [5.74, 6) is 2.57. The van der Waals surface area contributed by atoms with Gasteiger partial charge in [-0.05, 0) is 42.6 Å². The summed E-state index contributed by atoms with van der Waals surface area (Å²) in [5.41, 5.74) is 0.257. The molecular weight excluding hydrogens is 248 g/mol. The standard InChI is InChI=1S/C14H24OS2/c1-4-7-13(2)11(15)6-8-14(13,3)12-16-9-5-10-17-12/h4,11-12,15H,1,5-10H2,2-3H3/t11-,13-,14-/m1/s1. The molecule has 1 aliphatic carbocycles. The lowest BCUT2D eigenvalue weighted by molar-refractivity contribution is 0.00647. The molecule has 1 aliphatic heterocycles. The molecule has 0 unspecified atom stereocenters. The van der Waals surface area contributed by atoms with E-state index in [0.717, 1.165) is 19.3 Å². The monoisotopic (exact) mass is 272 g/mol.